The van der Waals surface area contributed by atoms with Crippen molar-refractivity contribution in [2.45, 2.75) is 12.5 Å². The van der Waals surface area contributed by atoms with Crippen LogP contribution in [0, 0.1) is 5.92 Å². The van der Waals surface area contributed by atoms with Gasteiger partial charge in [0, 0.05) is 68.7 Å². The number of nitrogens with two attached hydrogens (primary N) is 1. The topological polar surface area (TPSA) is 123 Å². The number of primary amides is 1. The molecule has 2 N–H and O–H groups in total. The first-order valence-electron chi connectivity index (χ1n) is 14.3. The Bertz CT molecular complexity index is 2040. The van der Waals surface area contributed by atoms with Gasteiger partial charge in [-0.25, -0.2) is 9.59 Å². The van der Waals surface area contributed by atoms with Crippen molar-refractivity contribution in [3.05, 3.63) is 92.7 Å². The zero-order valence-corrected chi connectivity index (χ0v) is 25.7. The molecule has 1 aliphatic heterocycles. The number of rotatable bonds is 7. The van der Waals surface area contributed by atoms with Gasteiger partial charge >= 0.3 is 11.4 Å². The fourth-order valence-electron chi connectivity index (χ4n) is 6.24. The molecule has 226 valence electrons. The fraction of sp³-hybridized carbons (Fsp3) is 0.281. The minimum absolute atomic E-state index is 0.243. The second-order valence-electron chi connectivity index (χ2n) is 11.5. The second-order valence-corrected chi connectivity index (χ2v) is 11.9. The van der Waals surface area contributed by atoms with Crippen LogP contribution in [0.2, 0.25) is 5.02 Å². The molecule has 1 aliphatic rings. The van der Waals surface area contributed by atoms with E-state index in [1.54, 1.807) is 26.5 Å². The van der Waals surface area contributed by atoms with E-state index in [1.807, 2.05) is 82.8 Å². The van der Waals surface area contributed by atoms with Gasteiger partial charge in [-0.15, -0.1) is 0 Å². The predicted molar refractivity (Wildman–Crippen MR) is 176 cm³/mol. The van der Waals surface area contributed by atoms with Gasteiger partial charge in [0.1, 0.15) is 17.7 Å². The molecule has 2 aromatic heterocycles. The van der Waals surface area contributed by atoms with E-state index in [-0.39, 0.29) is 5.92 Å². The largest absolute Gasteiger partial charge is 0.371 e. The van der Waals surface area contributed by atoms with E-state index < -0.39 is 23.3 Å². The van der Waals surface area contributed by atoms with E-state index in [2.05, 4.69) is 14.9 Å². The minimum Gasteiger partial charge on any atom is -0.371 e. The molecule has 2 atom stereocenters. The number of carbonyl (C=O) groups excluding carboxylic acids is 1. The summed E-state index contributed by atoms with van der Waals surface area (Å²) in [6.45, 7) is 1.11. The number of benzene rings is 3. The Morgan fingerprint density at radius 2 is 1.52 bits per heavy atom. The summed E-state index contributed by atoms with van der Waals surface area (Å²) in [6.07, 6.45) is 0.631. The van der Waals surface area contributed by atoms with Gasteiger partial charge in [-0.05, 0) is 55.0 Å². The molecule has 3 heterocycles. The number of carbonyl (C=O) groups is 1. The third-order valence-electron chi connectivity index (χ3n) is 8.19. The normalized spacial score (nSPS) is 15.6. The molecule has 1 saturated heterocycles. The van der Waals surface area contributed by atoms with Crippen LogP contribution >= 0.6 is 11.6 Å². The van der Waals surface area contributed by atoms with Crippen molar-refractivity contribution >= 4 is 56.6 Å². The lowest BCUT2D eigenvalue weighted by Gasteiger charge is -2.26. The van der Waals surface area contributed by atoms with Gasteiger partial charge in [-0.1, -0.05) is 29.8 Å². The van der Waals surface area contributed by atoms with Crippen LogP contribution in [-0.4, -0.2) is 66.3 Å². The number of halogens is 1. The molecule has 0 bridgehead atoms. The van der Waals surface area contributed by atoms with Crippen LogP contribution in [0.5, 0.6) is 0 Å². The summed E-state index contributed by atoms with van der Waals surface area (Å²) in [7, 11) is 7.33. The van der Waals surface area contributed by atoms with Crippen LogP contribution in [0.3, 0.4) is 0 Å². The maximum Gasteiger partial charge on any atom is 0.354 e. The van der Waals surface area contributed by atoms with Crippen LogP contribution in [0.4, 0.5) is 17.3 Å². The highest BCUT2D eigenvalue weighted by atomic mass is 35.5. The van der Waals surface area contributed by atoms with Gasteiger partial charge in [0.15, 0.2) is 0 Å². The number of anilines is 3. The van der Waals surface area contributed by atoms with Crippen molar-refractivity contribution in [1.29, 1.82) is 0 Å². The summed E-state index contributed by atoms with van der Waals surface area (Å²) in [6, 6.07) is 19.6. The number of hydrogen-bond donors (Lipinski definition) is 1. The van der Waals surface area contributed by atoms with Crippen LogP contribution < -0.4 is 31.8 Å². The molecule has 0 saturated carbocycles. The average molecular weight is 613 g/mol. The van der Waals surface area contributed by atoms with Gasteiger partial charge < -0.3 is 20.4 Å². The molecule has 44 heavy (non-hydrogen) atoms. The second kappa shape index (κ2) is 11.3. The van der Waals surface area contributed by atoms with Crippen LogP contribution in [0.15, 0.2) is 76.3 Å². The Labute approximate surface area is 258 Å². The Balaban J connectivity index is 1.38. The van der Waals surface area contributed by atoms with Crippen LogP contribution in [-0.2, 0) is 4.79 Å². The van der Waals surface area contributed by atoms with Crippen molar-refractivity contribution in [3.63, 3.8) is 0 Å². The third kappa shape index (κ3) is 5.02. The van der Waals surface area contributed by atoms with Crippen molar-refractivity contribution in [1.82, 2.24) is 19.1 Å². The molecular formula is C32H33ClN8O3. The van der Waals surface area contributed by atoms with Crippen molar-refractivity contribution in [3.8, 4) is 5.69 Å². The first-order valence-corrected chi connectivity index (χ1v) is 14.7. The maximum atomic E-state index is 13.4. The number of amides is 1. The molecule has 12 heteroatoms. The molecule has 2 unspecified atom stereocenters. The zero-order chi connectivity index (χ0) is 31.3. The van der Waals surface area contributed by atoms with Gasteiger partial charge in [0.2, 0.25) is 5.91 Å². The highest BCUT2D eigenvalue weighted by Crippen LogP contribution is 2.34. The number of aromatic nitrogens is 4. The fourth-order valence-corrected chi connectivity index (χ4v) is 6.41. The number of nitrogens with zero attached hydrogens (tertiary/aromatic N) is 7. The van der Waals surface area contributed by atoms with Crippen LogP contribution in [0.1, 0.15) is 12.5 Å². The summed E-state index contributed by atoms with van der Waals surface area (Å²) in [5.41, 5.74) is 7.81. The van der Waals surface area contributed by atoms with Crippen molar-refractivity contribution < 1.29 is 4.79 Å². The minimum atomic E-state index is -0.888. The Hall–Kier alpha value is -4.90. The lowest BCUT2D eigenvalue weighted by molar-refractivity contribution is -0.122. The summed E-state index contributed by atoms with van der Waals surface area (Å²) in [5, 5.41) is 2.06. The summed E-state index contributed by atoms with van der Waals surface area (Å²) in [4.78, 5) is 54.1. The Morgan fingerprint density at radius 1 is 0.864 bits per heavy atom. The first-order chi connectivity index (χ1) is 21.0. The summed E-state index contributed by atoms with van der Waals surface area (Å²) in [5.74, 6) is 0.267. The van der Waals surface area contributed by atoms with Gasteiger partial charge in [-0.3, -0.25) is 13.9 Å². The molecule has 5 aromatic rings. The highest BCUT2D eigenvalue weighted by molar-refractivity contribution is 6.31. The Morgan fingerprint density at radius 3 is 2.23 bits per heavy atom. The van der Waals surface area contributed by atoms with Crippen molar-refractivity contribution in [2.75, 3.05) is 56.0 Å². The molecule has 6 rings (SSSR count). The van der Waals surface area contributed by atoms with E-state index in [9.17, 15) is 14.4 Å². The summed E-state index contributed by atoms with van der Waals surface area (Å²) >= 11 is 6.36. The Kier molecular flexibility index (Phi) is 7.50. The van der Waals surface area contributed by atoms with Gasteiger partial charge in [0.05, 0.1) is 16.7 Å². The third-order valence-corrected chi connectivity index (χ3v) is 8.42. The molecule has 1 fully saturated rings. The molecule has 0 radical (unpaired) electrons. The molecular weight excluding hydrogens is 580 g/mol. The van der Waals surface area contributed by atoms with Crippen LogP contribution in [0.25, 0.3) is 27.5 Å². The SMILES string of the molecule is CN(C)c1nc(=O)n(-c2cccc(N3CCC(C(C(N)=O)n4c(=O)nc(N(C)C)c5ccccc54)C3)c2)c2cc(Cl)ccc12. The number of para-hydroxylation sites is 1. The standard InChI is InChI=1S/C32H33ClN8O3/c1-37(2)29-23-10-5-6-11-25(23)41(32(44)36-29)27(28(34)42)19-14-15-39(18-19)21-8-7-9-22(17-21)40-26-16-20(33)12-13-24(26)30(38(3)4)35-31(40)43/h5-13,16-17,19,27H,14-15,18H2,1-4H3,(H2,34,42). The number of fused-ring (bicyclic) bond motifs is 2. The smallest absolute Gasteiger partial charge is 0.354 e. The monoisotopic (exact) mass is 612 g/mol. The lowest BCUT2D eigenvalue weighted by Crippen LogP contribution is -2.41. The zero-order valence-electron chi connectivity index (χ0n) is 24.9. The number of hydrogen-bond acceptors (Lipinski definition) is 8. The van der Waals surface area contributed by atoms with E-state index in [1.165, 1.54) is 4.57 Å². The molecule has 0 spiro atoms. The quantitative estimate of drug-likeness (QED) is 0.297. The van der Waals surface area contributed by atoms with E-state index in [0.29, 0.717) is 52.9 Å². The van der Waals surface area contributed by atoms with Gasteiger partial charge in [-0.2, -0.15) is 9.97 Å². The summed E-state index contributed by atoms with van der Waals surface area (Å²) < 4.78 is 3.00. The predicted octanol–water partition coefficient (Wildman–Crippen LogP) is 3.43. The lowest BCUT2D eigenvalue weighted by atomic mass is 9.97. The molecule has 0 aliphatic carbocycles. The van der Waals surface area contributed by atoms with E-state index in [4.69, 9.17) is 17.3 Å². The average Bonchev–Trinajstić information content (AvgIpc) is 3.47. The maximum absolute atomic E-state index is 13.4. The van der Waals surface area contributed by atoms with Crippen molar-refractivity contribution in [2.24, 2.45) is 11.7 Å². The molecule has 3 aromatic carbocycles. The first kappa shape index (κ1) is 29.2. The van der Waals surface area contributed by atoms with Gasteiger partial charge in [0.25, 0.3) is 0 Å². The molecule has 1 amide bonds. The molecule has 11 nitrogen and oxygen atoms in total. The van der Waals surface area contributed by atoms with E-state index in [0.717, 1.165) is 16.5 Å². The highest BCUT2D eigenvalue weighted by Gasteiger charge is 2.36. The van der Waals surface area contributed by atoms with E-state index >= 15 is 0 Å².